The normalized spacial score (nSPS) is 10.4. The molecular weight excluding hydrogens is 202 g/mol. The number of aromatic nitrogens is 2. The summed E-state index contributed by atoms with van der Waals surface area (Å²) in [6.07, 6.45) is 0. The summed E-state index contributed by atoms with van der Waals surface area (Å²) in [6, 6.07) is 9.40. The molecule has 4 heteroatoms. The van der Waals surface area contributed by atoms with E-state index in [4.69, 9.17) is 0 Å². The Morgan fingerprint density at radius 3 is 2.25 bits per heavy atom. The van der Waals surface area contributed by atoms with Crippen molar-refractivity contribution in [2.75, 3.05) is 19.0 Å². The zero-order valence-electron chi connectivity index (χ0n) is 9.69. The number of H-pyrrole nitrogens is 1. The summed E-state index contributed by atoms with van der Waals surface area (Å²) in [6.45, 7) is 1.87. The molecule has 0 aliphatic rings. The molecule has 0 saturated carbocycles. The van der Waals surface area contributed by atoms with Crippen LogP contribution in [0.25, 0.3) is 5.69 Å². The largest absolute Gasteiger partial charge is 0.378 e. The van der Waals surface area contributed by atoms with Crippen molar-refractivity contribution in [2.24, 2.45) is 0 Å². The Kier molecular flexibility index (Phi) is 2.56. The first-order chi connectivity index (χ1) is 7.58. The lowest BCUT2D eigenvalue weighted by molar-refractivity contribution is 0.835. The zero-order chi connectivity index (χ0) is 11.7. The minimum absolute atomic E-state index is 0.0323. The fraction of sp³-hybridized carbons (Fsp3) is 0.250. The third-order valence-corrected chi connectivity index (χ3v) is 2.47. The van der Waals surface area contributed by atoms with Crippen molar-refractivity contribution in [3.63, 3.8) is 0 Å². The van der Waals surface area contributed by atoms with Gasteiger partial charge in [-0.25, -0.2) is 4.68 Å². The lowest BCUT2D eigenvalue weighted by atomic mass is 10.2. The molecule has 1 aromatic carbocycles. The molecule has 0 aliphatic heterocycles. The first-order valence-corrected chi connectivity index (χ1v) is 5.14. The van der Waals surface area contributed by atoms with Crippen LogP contribution < -0.4 is 10.5 Å². The minimum atomic E-state index is -0.0323. The molecular formula is C12H15N3O. The molecule has 0 bridgehead atoms. The topological polar surface area (TPSA) is 41.0 Å². The van der Waals surface area contributed by atoms with Gasteiger partial charge in [0.2, 0.25) is 0 Å². The molecule has 0 fully saturated rings. The quantitative estimate of drug-likeness (QED) is 0.829. The van der Waals surface area contributed by atoms with Crippen LogP contribution in [0.5, 0.6) is 0 Å². The first kappa shape index (κ1) is 10.5. The lowest BCUT2D eigenvalue weighted by Crippen LogP contribution is -2.14. The molecule has 0 radical (unpaired) electrons. The fourth-order valence-electron chi connectivity index (χ4n) is 1.61. The highest BCUT2D eigenvalue weighted by Gasteiger charge is 2.02. The van der Waals surface area contributed by atoms with E-state index in [0.29, 0.717) is 0 Å². The molecule has 0 aliphatic carbocycles. The van der Waals surface area contributed by atoms with Gasteiger partial charge >= 0.3 is 0 Å². The van der Waals surface area contributed by atoms with Gasteiger partial charge in [-0.1, -0.05) is 0 Å². The number of aryl methyl sites for hydroxylation is 1. The molecule has 4 nitrogen and oxygen atoms in total. The van der Waals surface area contributed by atoms with E-state index in [9.17, 15) is 4.79 Å². The fourth-order valence-corrected chi connectivity index (χ4v) is 1.61. The van der Waals surface area contributed by atoms with Crippen LogP contribution in [0.1, 0.15) is 5.69 Å². The molecule has 2 rings (SSSR count). The predicted octanol–water partition coefficient (Wildman–Crippen LogP) is 1.54. The first-order valence-electron chi connectivity index (χ1n) is 5.14. The average Bonchev–Trinajstić information content (AvgIpc) is 2.58. The highest BCUT2D eigenvalue weighted by molar-refractivity contribution is 5.49. The maximum absolute atomic E-state index is 11.6. The van der Waals surface area contributed by atoms with Crippen molar-refractivity contribution in [1.29, 1.82) is 0 Å². The Bertz CT molecular complexity index is 534. The summed E-state index contributed by atoms with van der Waals surface area (Å²) in [5, 5.41) is 3.00. The second-order valence-electron chi connectivity index (χ2n) is 4.02. The van der Waals surface area contributed by atoms with E-state index in [0.717, 1.165) is 17.1 Å². The van der Waals surface area contributed by atoms with E-state index in [1.807, 2.05) is 50.2 Å². The molecule has 1 aromatic heterocycles. The van der Waals surface area contributed by atoms with Crippen LogP contribution in [-0.4, -0.2) is 23.9 Å². The van der Waals surface area contributed by atoms with E-state index in [1.54, 1.807) is 6.07 Å². The number of hydrogen-bond acceptors (Lipinski definition) is 2. The van der Waals surface area contributed by atoms with Crippen molar-refractivity contribution in [1.82, 2.24) is 9.78 Å². The molecule has 16 heavy (non-hydrogen) atoms. The molecule has 2 aromatic rings. The van der Waals surface area contributed by atoms with Gasteiger partial charge in [-0.2, -0.15) is 0 Å². The number of nitrogens with one attached hydrogen (secondary N) is 1. The summed E-state index contributed by atoms with van der Waals surface area (Å²) >= 11 is 0. The van der Waals surface area contributed by atoms with Gasteiger partial charge in [0.15, 0.2) is 0 Å². The van der Waals surface area contributed by atoms with E-state index in [2.05, 4.69) is 5.10 Å². The summed E-state index contributed by atoms with van der Waals surface area (Å²) in [7, 11) is 3.97. The highest BCUT2D eigenvalue weighted by atomic mass is 16.1. The van der Waals surface area contributed by atoms with Crippen LogP contribution in [0.3, 0.4) is 0 Å². The number of anilines is 1. The molecule has 0 unspecified atom stereocenters. The molecule has 1 heterocycles. The number of hydrogen-bond donors (Lipinski definition) is 1. The van der Waals surface area contributed by atoms with Gasteiger partial charge in [0.1, 0.15) is 0 Å². The lowest BCUT2D eigenvalue weighted by Gasteiger charge is -2.12. The van der Waals surface area contributed by atoms with Crippen LogP contribution >= 0.6 is 0 Å². The van der Waals surface area contributed by atoms with Gasteiger partial charge < -0.3 is 4.90 Å². The molecule has 0 saturated heterocycles. The highest BCUT2D eigenvalue weighted by Crippen LogP contribution is 2.13. The van der Waals surface area contributed by atoms with Crippen LogP contribution in [-0.2, 0) is 0 Å². The van der Waals surface area contributed by atoms with E-state index in [-0.39, 0.29) is 5.56 Å². The van der Waals surface area contributed by atoms with Gasteiger partial charge in [-0.05, 0) is 31.2 Å². The smallest absolute Gasteiger partial charge is 0.271 e. The second-order valence-corrected chi connectivity index (χ2v) is 4.02. The summed E-state index contributed by atoms with van der Waals surface area (Å²) < 4.78 is 1.54. The van der Waals surface area contributed by atoms with Crippen LogP contribution in [0.15, 0.2) is 35.1 Å². The Balaban J connectivity index is 2.42. The third-order valence-electron chi connectivity index (χ3n) is 2.47. The van der Waals surface area contributed by atoms with E-state index < -0.39 is 0 Å². The van der Waals surface area contributed by atoms with Crippen molar-refractivity contribution in [2.45, 2.75) is 6.92 Å². The van der Waals surface area contributed by atoms with Gasteiger partial charge in [0.25, 0.3) is 5.56 Å². The van der Waals surface area contributed by atoms with Gasteiger partial charge in [-0.15, -0.1) is 0 Å². The van der Waals surface area contributed by atoms with Crippen LogP contribution in [0.2, 0.25) is 0 Å². The number of nitrogens with zero attached hydrogens (tertiary/aromatic N) is 2. The number of benzene rings is 1. The summed E-state index contributed by atoms with van der Waals surface area (Å²) in [4.78, 5) is 13.6. The Labute approximate surface area is 94.1 Å². The van der Waals surface area contributed by atoms with E-state index >= 15 is 0 Å². The zero-order valence-corrected chi connectivity index (χ0v) is 9.69. The predicted molar refractivity (Wildman–Crippen MR) is 65.5 cm³/mol. The van der Waals surface area contributed by atoms with Crippen LogP contribution in [0.4, 0.5) is 5.69 Å². The van der Waals surface area contributed by atoms with Gasteiger partial charge in [0, 0.05) is 31.5 Å². The second kappa shape index (κ2) is 3.89. The number of aromatic amines is 1. The molecule has 84 valence electrons. The summed E-state index contributed by atoms with van der Waals surface area (Å²) in [5.74, 6) is 0. The maximum Gasteiger partial charge on any atom is 0.271 e. The summed E-state index contributed by atoms with van der Waals surface area (Å²) in [5.41, 5.74) is 2.79. The standard InChI is InChI=1S/C12H15N3O/c1-9-8-12(16)15(13-9)11-6-4-10(5-7-11)14(2)3/h4-8,13H,1-3H3. The Morgan fingerprint density at radius 1 is 1.19 bits per heavy atom. The monoisotopic (exact) mass is 217 g/mol. The van der Waals surface area contributed by atoms with Crippen molar-refractivity contribution < 1.29 is 0 Å². The molecule has 0 spiro atoms. The van der Waals surface area contributed by atoms with Gasteiger partial charge in [0.05, 0.1) is 5.69 Å². The Hall–Kier alpha value is -1.97. The third kappa shape index (κ3) is 1.86. The van der Waals surface area contributed by atoms with Crippen molar-refractivity contribution in [3.8, 4) is 5.69 Å². The van der Waals surface area contributed by atoms with Crippen molar-refractivity contribution in [3.05, 3.63) is 46.4 Å². The van der Waals surface area contributed by atoms with Crippen molar-refractivity contribution >= 4 is 5.69 Å². The molecule has 1 N–H and O–H groups in total. The molecule has 0 atom stereocenters. The Morgan fingerprint density at radius 2 is 1.81 bits per heavy atom. The van der Waals surface area contributed by atoms with E-state index in [1.165, 1.54) is 4.68 Å². The average molecular weight is 217 g/mol. The SMILES string of the molecule is Cc1cc(=O)n(-c2ccc(N(C)C)cc2)[nH]1. The van der Waals surface area contributed by atoms with Gasteiger partial charge in [-0.3, -0.25) is 9.89 Å². The van der Waals surface area contributed by atoms with Crippen LogP contribution in [0, 0.1) is 6.92 Å². The molecule has 0 amide bonds. The number of rotatable bonds is 2. The minimum Gasteiger partial charge on any atom is -0.378 e. The maximum atomic E-state index is 11.6.